The zero-order valence-electron chi connectivity index (χ0n) is 7.69. The molecule has 5 heteroatoms. The molecule has 5 nitrogen and oxygen atoms in total. The van der Waals surface area contributed by atoms with E-state index in [0.29, 0.717) is 5.69 Å². The van der Waals surface area contributed by atoms with Crippen molar-refractivity contribution in [3.8, 4) is 0 Å². The number of nitrogens with two attached hydrogens (primary N) is 1. The van der Waals surface area contributed by atoms with Gasteiger partial charge in [0.15, 0.2) is 0 Å². The lowest BCUT2D eigenvalue weighted by Gasteiger charge is -2.09. The largest absolute Gasteiger partial charge is 0.386 e. The van der Waals surface area contributed by atoms with Crippen molar-refractivity contribution in [2.75, 3.05) is 0 Å². The van der Waals surface area contributed by atoms with E-state index in [1.807, 2.05) is 0 Å². The molecule has 0 saturated carbocycles. The third-order valence-corrected chi connectivity index (χ3v) is 1.89. The lowest BCUT2D eigenvalue weighted by molar-refractivity contribution is -0.120. The Morgan fingerprint density at radius 1 is 1.85 bits per heavy atom. The standard InChI is InChI=1S/C8H13N3O2/c1-5-8(11(2)4-10-5)6(12)3-7(9)13/h4,6,12H,3H2,1-2H3,(H2,9,13). The fourth-order valence-corrected chi connectivity index (χ4v) is 1.32. The van der Waals surface area contributed by atoms with Crippen LogP contribution in [0.1, 0.15) is 23.9 Å². The van der Waals surface area contributed by atoms with Crippen molar-refractivity contribution < 1.29 is 9.90 Å². The summed E-state index contributed by atoms with van der Waals surface area (Å²) >= 11 is 0. The first-order valence-corrected chi connectivity index (χ1v) is 3.96. The molecule has 1 aromatic rings. The molecule has 0 aliphatic carbocycles. The second-order valence-corrected chi connectivity index (χ2v) is 3.01. The molecule has 0 radical (unpaired) electrons. The van der Waals surface area contributed by atoms with Gasteiger partial charge in [0.25, 0.3) is 0 Å². The fraction of sp³-hybridized carbons (Fsp3) is 0.500. The molecule has 0 aliphatic rings. The Kier molecular flexibility index (Phi) is 2.67. The number of aliphatic hydroxyl groups excluding tert-OH is 1. The van der Waals surface area contributed by atoms with Crippen molar-refractivity contribution in [3.05, 3.63) is 17.7 Å². The van der Waals surface area contributed by atoms with E-state index in [1.165, 1.54) is 0 Å². The summed E-state index contributed by atoms with van der Waals surface area (Å²) in [6, 6.07) is 0. The van der Waals surface area contributed by atoms with E-state index in [9.17, 15) is 9.90 Å². The van der Waals surface area contributed by atoms with Gasteiger partial charge in [-0.1, -0.05) is 0 Å². The van der Waals surface area contributed by atoms with Crippen LogP contribution >= 0.6 is 0 Å². The molecule has 0 aromatic carbocycles. The lowest BCUT2D eigenvalue weighted by Crippen LogP contribution is -2.17. The maximum absolute atomic E-state index is 10.6. The summed E-state index contributed by atoms with van der Waals surface area (Å²) in [5.41, 5.74) is 6.33. The summed E-state index contributed by atoms with van der Waals surface area (Å²) in [4.78, 5) is 14.6. The quantitative estimate of drug-likeness (QED) is 0.671. The van der Waals surface area contributed by atoms with Crippen molar-refractivity contribution >= 4 is 5.91 Å². The van der Waals surface area contributed by atoms with Gasteiger partial charge in [0, 0.05) is 7.05 Å². The highest BCUT2D eigenvalue weighted by atomic mass is 16.3. The average Bonchev–Trinajstić information content (AvgIpc) is 2.29. The van der Waals surface area contributed by atoms with Crippen LogP contribution in [0.4, 0.5) is 0 Å². The molecular weight excluding hydrogens is 170 g/mol. The molecule has 1 unspecified atom stereocenters. The molecule has 1 atom stereocenters. The topological polar surface area (TPSA) is 81.1 Å². The van der Waals surface area contributed by atoms with Crippen LogP contribution in [0.3, 0.4) is 0 Å². The number of carbonyl (C=O) groups is 1. The van der Waals surface area contributed by atoms with Crippen LogP contribution in [0.5, 0.6) is 0 Å². The van der Waals surface area contributed by atoms with Crippen LogP contribution in [-0.2, 0) is 11.8 Å². The molecule has 13 heavy (non-hydrogen) atoms. The van der Waals surface area contributed by atoms with Gasteiger partial charge in [-0.3, -0.25) is 4.79 Å². The first kappa shape index (κ1) is 9.73. The van der Waals surface area contributed by atoms with Gasteiger partial charge in [0.1, 0.15) is 6.10 Å². The first-order chi connectivity index (χ1) is 6.02. The molecule has 0 saturated heterocycles. The predicted octanol–water partition coefficient (Wildman–Crippen LogP) is -0.363. The summed E-state index contributed by atoms with van der Waals surface area (Å²) < 4.78 is 1.68. The Morgan fingerprint density at radius 3 is 2.85 bits per heavy atom. The number of hydrogen-bond acceptors (Lipinski definition) is 3. The third kappa shape index (κ3) is 2.06. The molecule has 1 amide bonds. The van der Waals surface area contributed by atoms with Gasteiger partial charge >= 0.3 is 0 Å². The van der Waals surface area contributed by atoms with E-state index in [1.54, 1.807) is 24.9 Å². The molecule has 1 aromatic heterocycles. The smallest absolute Gasteiger partial charge is 0.220 e. The first-order valence-electron chi connectivity index (χ1n) is 3.96. The van der Waals surface area contributed by atoms with Gasteiger partial charge in [0.05, 0.1) is 24.1 Å². The molecule has 72 valence electrons. The monoisotopic (exact) mass is 183 g/mol. The van der Waals surface area contributed by atoms with Gasteiger partial charge < -0.3 is 15.4 Å². The molecule has 0 fully saturated rings. The average molecular weight is 183 g/mol. The zero-order chi connectivity index (χ0) is 10.0. The summed E-state index contributed by atoms with van der Waals surface area (Å²) in [6.07, 6.45) is 0.667. The zero-order valence-corrected chi connectivity index (χ0v) is 7.69. The molecule has 0 spiro atoms. The normalized spacial score (nSPS) is 12.8. The summed E-state index contributed by atoms with van der Waals surface area (Å²) in [5.74, 6) is -0.520. The van der Waals surface area contributed by atoms with Crippen LogP contribution in [0, 0.1) is 6.92 Å². The Hall–Kier alpha value is -1.36. The Labute approximate surface area is 76.2 Å². The number of nitrogens with zero attached hydrogens (tertiary/aromatic N) is 2. The summed E-state index contributed by atoms with van der Waals surface area (Å²) in [7, 11) is 1.76. The lowest BCUT2D eigenvalue weighted by atomic mass is 10.1. The van der Waals surface area contributed by atoms with E-state index in [4.69, 9.17) is 5.73 Å². The molecule has 1 heterocycles. The Bertz CT molecular complexity index is 300. The van der Waals surface area contributed by atoms with Crippen LogP contribution < -0.4 is 5.73 Å². The Balaban J connectivity index is 2.87. The van der Waals surface area contributed by atoms with Crippen molar-refractivity contribution in [2.45, 2.75) is 19.4 Å². The number of carbonyl (C=O) groups excluding carboxylic acids is 1. The van der Waals surface area contributed by atoms with Crippen LogP contribution in [0.25, 0.3) is 0 Å². The highest BCUT2D eigenvalue weighted by Gasteiger charge is 2.16. The maximum atomic E-state index is 10.6. The van der Waals surface area contributed by atoms with Crippen LogP contribution in [0.2, 0.25) is 0 Å². The number of hydrogen-bond donors (Lipinski definition) is 2. The van der Waals surface area contributed by atoms with E-state index in [0.717, 1.165) is 5.69 Å². The van der Waals surface area contributed by atoms with Crippen LogP contribution in [-0.4, -0.2) is 20.6 Å². The molecule has 3 N–H and O–H groups in total. The van der Waals surface area contributed by atoms with E-state index in [-0.39, 0.29) is 6.42 Å². The molecule has 0 bridgehead atoms. The highest BCUT2D eigenvalue weighted by Crippen LogP contribution is 2.18. The van der Waals surface area contributed by atoms with Crippen molar-refractivity contribution in [2.24, 2.45) is 12.8 Å². The number of rotatable bonds is 3. The van der Waals surface area contributed by atoms with Gasteiger partial charge in [-0.15, -0.1) is 0 Å². The Morgan fingerprint density at radius 2 is 2.46 bits per heavy atom. The SMILES string of the molecule is Cc1ncn(C)c1C(O)CC(N)=O. The van der Waals surface area contributed by atoms with E-state index in [2.05, 4.69) is 4.98 Å². The number of aliphatic hydroxyl groups is 1. The second kappa shape index (κ2) is 3.57. The number of primary amides is 1. The van der Waals surface area contributed by atoms with Crippen LogP contribution in [0.15, 0.2) is 6.33 Å². The van der Waals surface area contributed by atoms with Gasteiger partial charge in [0.2, 0.25) is 5.91 Å². The summed E-state index contributed by atoms with van der Waals surface area (Å²) in [5, 5.41) is 9.58. The highest BCUT2D eigenvalue weighted by molar-refractivity contribution is 5.74. The predicted molar refractivity (Wildman–Crippen MR) is 46.7 cm³/mol. The molecular formula is C8H13N3O2. The minimum absolute atomic E-state index is 0.0691. The van der Waals surface area contributed by atoms with Gasteiger partial charge in [-0.2, -0.15) is 0 Å². The van der Waals surface area contributed by atoms with Crippen molar-refractivity contribution in [1.29, 1.82) is 0 Å². The number of imidazole rings is 1. The fourth-order valence-electron chi connectivity index (χ4n) is 1.32. The molecule has 1 rings (SSSR count). The van der Waals surface area contributed by atoms with Gasteiger partial charge in [-0.05, 0) is 6.92 Å². The van der Waals surface area contributed by atoms with Crippen molar-refractivity contribution in [3.63, 3.8) is 0 Å². The van der Waals surface area contributed by atoms with E-state index < -0.39 is 12.0 Å². The minimum Gasteiger partial charge on any atom is -0.386 e. The van der Waals surface area contributed by atoms with Crippen molar-refractivity contribution in [1.82, 2.24) is 9.55 Å². The summed E-state index contributed by atoms with van der Waals surface area (Å²) in [6.45, 7) is 1.78. The second-order valence-electron chi connectivity index (χ2n) is 3.01. The maximum Gasteiger partial charge on any atom is 0.220 e. The molecule has 0 aliphatic heterocycles. The number of aryl methyl sites for hydroxylation is 2. The van der Waals surface area contributed by atoms with E-state index >= 15 is 0 Å². The number of aromatic nitrogens is 2. The minimum atomic E-state index is -0.856. The number of amides is 1. The van der Waals surface area contributed by atoms with Gasteiger partial charge in [-0.25, -0.2) is 4.98 Å². The third-order valence-electron chi connectivity index (χ3n) is 1.89.